The monoisotopic (exact) mass is 387 g/mol. The summed E-state index contributed by atoms with van der Waals surface area (Å²) in [5.41, 5.74) is 1.88. The van der Waals surface area contributed by atoms with E-state index in [-0.39, 0.29) is 11.9 Å². The Morgan fingerprint density at radius 1 is 1.21 bits per heavy atom. The summed E-state index contributed by atoms with van der Waals surface area (Å²) in [5, 5.41) is 5.60. The normalized spacial score (nSPS) is 14.1. The number of hydrogen-bond acceptors (Lipinski definition) is 4. The molecule has 1 atom stereocenters. The number of carbonyl (C=O) groups is 2. The highest BCUT2D eigenvalue weighted by molar-refractivity contribution is 5.96. The van der Waals surface area contributed by atoms with Crippen molar-refractivity contribution in [2.45, 2.75) is 45.7 Å². The highest BCUT2D eigenvalue weighted by Crippen LogP contribution is 2.26. The van der Waals surface area contributed by atoms with Crippen LogP contribution in [0.3, 0.4) is 0 Å². The molecule has 0 saturated carbocycles. The number of amides is 3. The maximum absolute atomic E-state index is 12.6. The van der Waals surface area contributed by atoms with Crippen molar-refractivity contribution in [2.24, 2.45) is 0 Å². The van der Waals surface area contributed by atoms with E-state index < -0.39 is 6.04 Å². The van der Waals surface area contributed by atoms with Crippen LogP contribution in [0.25, 0.3) is 11.0 Å². The van der Waals surface area contributed by atoms with Crippen LogP contribution in [0.4, 0.5) is 10.7 Å². The molecule has 0 unspecified atom stereocenters. The summed E-state index contributed by atoms with van der Waals surface area (Å²) >= 11 is 0. The molecule has 1 aromatic heterocycles. The molecule has 0 spiro atoms. The maximum atomic E-state index is 12.6. The summed E-state index contributed by atoms with van der Waals surface area (Å²) < 4.78 is 7.50. The fourth-order valence-corrected chi connectivity index (χ4v) is 3.20. The van der Waals surface area contributed by atoms with E-state index in [0.717, 1.165) is 36.9 Å². The Morgan fingerprint density at radius 3 is 2.82 bits per heavy atom. The largest absolute Gasteiger partial charge is 0.381 e. The SMILES string of the molecule is CCCCOCCCNC(=O)[C@H](C)NC(=O)N1CCn2c1nc1ccccc12. The second kappa shape index (κ2) is 9.54. The third-order valence-electron chi connectivity index (χ3n) is 4.81. The Labute approximate surface area is 165 Å². The third kappa shape index (κ3) is 4.62. The molecule has 28 heavy (non-hydrogen) atoms. The Morgan fingerprint density at radius 2 is 2.00 bits per heavy atom. The number of nitrogens with zero attached hydrogens (tertiary/aromatic N) is 3. The highest BCUT2D eigenvalue weighted by Gasteiger charge is 2.29. The Kier molecular flexibility index (Phi) is 6.86. The number of anilines is 1. The van der Waals surface area contributed by atoms with E-state index in [0.29, 0.717) is 32.2 Å². The number of rotatable bonds is 9. The van der Waals surface area contributed by atoms with Gasteiger partial charge in [-0.1, -0.05) is 25.5 Å². The number of urea groups is 1. The number of nitrogens with one attached hydrogen (secondary N) is 2. The van der Waals surface area contributed by atoms with Crippen LogP contribution in [-0.4, -0.2) is 53.8 Å². The first-order valence-corrected chi connectivity index (χ1v) is 10.0. The second-order valence-corrected chi connectivity index (χ2v) is 6.99. The van der Waals surface area contributed by atoms with Gasteiger partial charge in [0.2, 0.25) is 11.9 Å². The lowest BCUT2D eigenvalue weighted by Crippen LogP contribution is -2.50. The van der Waals surface area contributed by atoms with E-state index in [4.69, 9.17) is 4.74 Å². The third-order valence-corrected chi connectivity index (χ3v) is 4.81. The zero-order valence-corrected chi connectivity index (χ0v) is 16.6. The molecule has 0 fully saturated rings. The molecule has 1 aromatic carbocycles. The topological polar surface area (TPSA) is 88.5 Å². The molecule has 2 aromatic rings. The number of benzene rings is 1. The van der Waals surface area contributed by atoms with Crippen LogP contribution in [0.1, 0.15) is 33.1 Å². The summed E-state index contributed by atoms with van der Waals surface area (Å²) in [6.45, 7) is 6.97. The van der Waals surface area contributed by atoms with Gasteiger partial charge in [-0.05, 0) is 31.9 Å². The smallest absolute Gasteiger partial charge is 0.324 e. The van der Waals surface area contributed by atoms with Gasteiger partial charge >= 0.3 is 6.03 Å². The van der Waals surface area contributed by atoms with Gasteiger partial charge in [-0.3, -0.25) is 9.69 Å². The van der Waals surface area contributed by atoms with Gasteiger partial charge in [0.15, 0.2) is 0 Å². The van der Waals surface area contributed by atoms with Gasteiger partial charge in [-0.15, -0.1) is 0 Å². The zero-order valence-electron chi connectivity index (χ0n) is 16.6. The first-order chi connectivity index (χ1) is 13.6. The fraction of sp³-hybridized carbons (Fsp3) is 0.550. The van der Waals surface area contributed by atoms with E-state index in [1.54, 1.807) is 11.8 Å². The van der Waals surface area contributed by atoms with Crippen LogP contribution < -0.4 is 15.5 Å². The molecule has 0 bridgehead atoms. The van der Waals surface area contributed by atoms with Crippen LogP contribution >= 0.6 is 0 Å². The summed E-state index contributed by atoms with van der Waals surface area (Å²) in [6.07, 6.45) is 2.92. The predicted molar refractivity (Wildman–Crippen MR) is 108 cm³/mol. The summed E-state index contributed by atoms with van der Waals surface area (Å²) in [6, 6.07) is 6.89. The molecule has 2 N–H and O–H groups in total. The number of unbranched alkanes of at least 4 members (excludes halogenated alkanes) is 1. The molecule has 1 aliphatic heterocycles. The average Bonchev–Trinajstić information content (AvgIpc) is 3.26. The Hall–Kier alpha value is -2.61. The van der Waals surface area contributed by atoms with Crippen LogP contribution in [0.15, 0.2) is 24.3 Å². The molecular formula is C20H29N5O3. The molecule has 3 rings (SSSR count). The van der Waals surface area contributed by atoms with Crippen molar-refractivity contribution >= 4 is 28.9 Å². The minimum absolute atomic E-state index is 0.199. The molecule has 1 aliphatic rings. The molecule has 0 aliphatic carbocycles. The van der Waals surface area contributed by atoms with Crippen molar-refractivity contribution in [1.82, 2.24) is 20.2 Å². The minimum atomic E-state index is -0.619. The molecule has 152 valence electrons. The van der Waals surface area contributed by atoms with E-state index in [1.165, 1.54) is 0 Å². The van der Waals surface area contributed by atoms with E-state index >= 15 is 0 Å². The van der Waals surface area contributed by atoms with E-state index in [1.807, 2.05) is 28.8 Å². The van der Waals surface area contributed by atoms with Crippen molar-refractivity contribution < 1.29 is 14.3 Å². The van der Waals surface area contributed by atoms with Crippen LogP contribution in [0, 0.1) is 0 Å². The lowest BCUT2D eigenvalue weighted by Gasteiger charge is -2.19. The molecule has 3 amide bonds. The number of fused-ring (bicyclic) bond motifs is 3. The summed E-state index contributed by atoms with van der Waals surface area (Å²) in [4.78, 5) is 31.0. The molecule has 0 saturated heterocycles. The van der Waals surface area contributed by atoms with Gasteiger partial charge in [-0.25, -0.2) is 9.78 Å². The highest BCUT2D eigenvalue weighted by atomic mass is 16.5. The van der Waals surface area contributed by atoms with Crippen molar-refractivity contribution in [1.29, 1.82) is 0 Å². The number of carbonyl (C=O) groups excluding carboxylic acids is 2. The molecule has 8 nitrogen and oxygen atoms in total. The molecular weight excluding hydrogens is 358 g/mol. The first kappa shape index (κ1) is 20.1. The lowest BCUT2D eigenvalue weighted by molar-refractivity contribution is -0.122. The predicted octanol–water partition coefficient (Wildman–Crippen LogP) is 2.28. The number of ether oxygens (including phenoxy) is 1. The van der Waals surface area contributed by atoms with Crippen LogP contribution in [0.2, 0.25) is 0 Å². The second-order valence-electron chi connectivity index (χ2n) is 6.99. The van der Waals surface area contributed by atoms with Gasteiger partial charge in [0.05, 0.1) is 11.0 Å². The number of para-hydroxylation sites is 2. The van der Waals surface area contributed by atoms with Gasteiger partial charge in [0.25, 0.3) is 0 Å². The average molecular weight is 387 g/mol. The van der Waals surface area contributed by atoms with Crippen molar-refractivity contribution in [3.63, 3.8) is 0 Å². The Bertz CT molecular complexity index is 819. The molecule has 8 heteroatoms. The van der Waals surface area contributed by atoms with Gasteiger partial charge in [0.1, 0.15) is 6.04 Å². The molecule has 2 heterocycles. The first-order valence-electron chi connectivity index (χ1n) is 10.0. The summed E-state index contributed by atoms with van der Waals surface area (Å²) in [7, 11) is 0. The lowest BCUT2D eigenvalue weighted by atomic mass is 10.3. The van der Waals surface area contributed by atoms with Crippen LogP contribution in [0.5, 0.6) is 0 Å². The molecule has 0 radical (unpaired) electrons. The summed E-state index contributed by atoms with van der Waals surface area (Å²) in [5.74, 6) is 0.421. The quantitative estimate of drug-likeness (QED) is 0.646. The number of aromatic nitrogens is 2. The van der Waals surface area contributed by atoms with E-state index in [2.05, 4.69) is 22.5 Å². The standard InChI is InChI=1S/C20H29N5O3/c1-3-4-13-28-14-7-10-21-18(26)15(2)22-20(27)25-12-11-24-17-9-6-5-8-16(17)23-19(24)25/h5-6,8-9,15H,3-4,7,10-14H2,1-2H3,(H,21,26)(H,22,27)/t15-/m0/s1. The van der Waals surface area contributed by atoms with Crippen LogP contribution in [-0.2, 0) is 16.1 Å². The van der Waals surface area contributed by atoms with Gasteiger partial charge < -0.3 is 19.9 Å². The van der Waals surface area contributed by atoms with Crippen molar-refractivity contribution in [3.05, 3.63) is 24.3 Å². The minimum Gasteiger partial charge on any atom is -0.381 e. The van der Waals surface area contributed by atoms with Crippen molar-refractivity contribution in [2.75, 3.05) is 31.2 Å². The van der Waals surface area contributed by atoms with Crippen molar-refractivity contribution in [3.8, 4) is 0 Å². The van der Waals surface area contributed by atoms with E-state index in [9.17, 15) is 9.59 Å². The fourth-order valence-electron chi connectivity index (χ4n) is 3.20. The van der Waals surface area contributed by atoms with Gasteiger partial charge in [0, 0.05) is 32.8 Å². The van der Waals surface area contributed by atoms with Gasteiger partial charge in [-0.2, -0.15) is 0 Å². The zero-order chi connectivity index (χ0) is 19.9. The number of imidazole rings is 1. The maximum Gasteiger partial charge on any atom is 0.324 e. The Balaban J connectivity index is 1.45. The number of hydrogen-bond donors (Lipinski definition) is 2.